The van der Waals surface area contributed by atoms with E-state index in [0.717, 1.165) is 11.3 Å². The molecule has 0 fully saturated rings. The van der Waals surface area contributed by atoms with Gasteiger partial charge in [0.05, 0.1) is 17.6 Å². The smallest absolute Gasteiger partial charge is 0.326 e. The molecule has 1 rings (SSSR count). The summed E-state index contributed by atoms with van der Waals surface area (Å²) < 4.78 is 0. The van der Waals surface area contributed by atoms with Crippen LogP contribution >= 0.6 is 11.3 Å². The van der Waals surface area contributed by atoms with Crippen LogP contribution in [-0.2, 0) is 16.0 Å². The second-order valence-electron chi connectivity index (χ2n) is 3.44. The molecule has 0 spiro atoms. The van der Waals surface area contributed by atoms with Crippen molar-refractivity contribution in [3.8, 4) is 0 Å². The average Bonchev–Trinajstić information content (AvgIpc) is 2.75. The first kappa shape index (κ1) is 14.1. The van der Waals surface area contributed by atoms with Gasteiger partial charge in [-0.2, -0.15) is 0 Å². The lowest BCUT2D eigenvalue weighted by Gasteiger charge is -2.11. The predicted octanol–water partition coefficient (Wildman–Crippen LogP) is 0.363. The van der Waals surface area contributed by atoms with E-state index in [0.29, 0.717) is 17.0 Å². The SMILES string of the molecule is CCc1ncsc1C(=O)NC(CC(=O)O)C(=O)O. The molecule has 0 bridgehead atoms. The summed E-state index contributed by atoms with van der Waals surface area (Å²) in [7, 11) is 0. The number of carbonyl (C=O) groups excluding carboxylic acids is 1. The van der Waals surface area contributed by atoms with Crippen LogP contribution in [0.25, 0.3) is 0 Å². The number of hydrogen-bond acceptors (Lipinski definition) is 5. The third kappa shape index (κ3) is 3.52. The van der Waals surface area contributed by atoms with Gasteiger partial charge in [0.15, 0.2) is 0 Å². The van der Waals surface area contributed by atoms with Crippen LogP contribution in [0.2, 0.25) is 0 Å². The summed E-state index contributed by atoms with van der Waals surface area (Å²) in [6.45, 7) is 1.82. The molecule has 1 atom stereocenters. The number of rotatable bonds is 6. The summed E-state index contributed by atoms with van der Waals surface area (Å²) in [6, 6.07) is -1.44. The molecule has 0 aliphatic rings. The number of nitrogens with zero attached hydrogens (tertiary/aromatic N) is 1. The van der Waals surface area contributed by atoms with E-state index in [9.17, 15) is 14.4 Å². The number of carbonyl (C=O) groups is 3. The van der Waals surface area contributed by atoms with Crippen molar-refractivity contribution in [1.29, 1.82) is 0 Å². The van der Waals surface area contributed by atoms with E-state index in [1.54, 1.807) is 0 Å². The van der Waals surface area contributed by atoms with Crippen LogP contribution in [0.5, 0.6) is 0 Å². The van der Waals surface area contributed by atoms with E-state index in [2.05, 4.69) is 10.3 Å². The largest absolute Gasteiger partial charge is 0.481 e. The van der Waals surface area contributed by atoms with Gasteiger partial charge in [-0.1, -0.05) is 6.92 Å². The number of hydrogen-bond donors (Lipinski definition) is 3. The maximum Gasteiger partial charge on any atom is 0.326 e. The molecule has 1 aromatic heterocycles. The lowest BCUT2D eigenvalue weighted by atomic mass is 10.2. The Labute approximate surface area is 106 Å². The molecule has 1 amide bonds. The minimum Gasteiger partial charge on any atom is -0.481 e. The predicted molar refractivity (Wildman–Crippen MR) is 62.6 cm³/mol. The molecule has 0 saturated heterocycles. The molecule has 8 heteroatoms. The first-order chi connectivity index (χ1) is 8.45. The second kappa shape index (κ2) is 6.10. The molecule has 7 nitrogen and oxygen atoms in total. The molecular formula is C10H12N2O5S. The molecule has 1 heterocycles. The van der Waals surface area contributed by atoms with Crippen LogP contribution in [0.1, 0.15) is 28.7 Å². The van der Waals surface area contributed by atoms with Crippen LogP contribution in [-0.4, -0.2) is 39.1 Å². The third-order valence-corrected chi connectivity index (χ3v) is 3.03. The highest BCUT2D eigenvalue weighted by atomic mass is 32.1. The zero-order valence-corrected chi connectivity index (χ0v) is 10.4. The summed E-state index contributed by atoms with van der Waals surface area (Å²) in [5.74, 6) is -3.28. The van der Waals surface area contributed by atoms with Gasteiger partial charge in [-0.15, -0.1) is 11.3 Å². The first-order valence-corrected chi connectivity index (χ1v) is 6.01. The Hall–Kier alpha value is -1.96. The number of aliphatic carboxylic acids is 2. The normalized spacial score (nSPS) is 11.8. The van der Waals surface area contributed by atoms with Crippen molar-refractivity contribution < 1.29 is 24.6 Å². The number of aromatic nitrogens is 1. The van der Waals surface area contributed by atoms with E-state index < -0.39 is 30.3 Å². The average molecular weight is 272 g/mol. The summed E-state index contributed by atoms with van der Waals surface area (Å²) in [5, 5.41) is 19.5. The summed E-state index contributed by atoms with van der Waals surface area (Å²) >= 11 is 1.09. The molecule has 0 aliphatic carbocycles. The molecule has 98 valence electrons. The fourth-order valence-electron chi connectivity index (χ4n) is 1.30. The van der Waals surface area contributed by atoms with Crippen molar-refractivity contribution in [3.05, 3.63) is 16.1 Å². The van der Waals surface area contributed by atoms with Crippen molar-refractivity contribution in [2.75, 3.05) is 0 Å². The molecule has 0 aliphatic heterocycles. The minimum atomic E-state index is -1.44. The van der Waals surface area contributed by atoms with Gasteiger partial charge in [0.1, 0.15) is 10.9 Å². The maximum atomic E-state index is 11.8. The summed E-state index contributed by atoms with van der Waals surface area (Å²) in [6.07, 6.45) is -0.121. The molecule has 1 aromatic rings. The lowest BCUT2D eigenvalue weighted by molar-refractivity contribution is -0.145. The number of nitrogens with one attached hydrogen (secondary N) is 1. The van der Waals surface area contributed by atoms with E-state index in [-0.39, 0.29) is 0 Å². The Morgan fingerprint density at radius 3 is 2.61 bits per heavy atom. The van der Waals surface area contributed by atoms with E-state index in [4.69, 9.17) is 10.2 Å². The van der Waals surface area contributed by atoms with Gasteiger partial charge in [-0.25, -0.2) is 9.78 Å². The second-order valence-corrected chi connectivity index (χ2v) is 4.30. The van der Waals surface area contributed by atoms with Gasteiger partial charge in [-0.3, -0.25) is 9.59 Å². The number of amides is 1. The number of carboxylic acid groups (broad SMARTS) is 2. The van der Waals surface area contributed by atoms with E-state index >= 15 is 0 Å². The van der Waals surface area contributed by atoms with Gasteiger partial charge in [0.25, 0.3) is 5.91 Å². The van der Waals surface area contributed by atoms with Crippen molar-refractivity contribution in [2.24, 2.45) is 0 Å². The van der Waals surface area contributed by atoms with Crippen molar-refractivity contribution in [1.82, 2.24) is 10.3 Å². The van der Waals surface area contributed by atoms with Crippen molar-refractivity contribution >= 4 is 29.2 Å². The summed E-state index contributed by atoms with van der Waals surface area (Å²) in [4.78, 5) is 37.3. The quantitative estimate of drug-likeness (QED) is 0.688. The highest BCUT2D eigenvalue weighted by Gasteiger charge is 2.25. The zero-order valence-electron chi connectivity index (χ0n) is 9.54. The number of thiazole rings is 1. The summed E-state index contributed by atoms with van der Waals surface area (Å²) in [5.41, 5.74) is 2.05. The number of carboxylic acids is 2. The molecule has 0 saturated carbocycles. The number of aryl methyl sites for hydroxylation is 1. The maximum absolute atomic E-state index is 11.8. The first-order valence-electron chi connectivity index (χ1n) is 5.13. The Balaban J connectivity index is 2.78. The molecule has 1 unspecified atom stereocenters. The van der Waals surface area contributed by atoms with Gasteiger partial charge in [0.2, 0.25) is 0 Å². The van der Waals surface area contributed by atoms with Gasteiger partial charge in [-0.05, 0) is 6.42 Å². The van der Waals surface area contributed by atoms with E-state index in [1.165, 1.54) is 5.51 Å². The third-order valence-electron chi connectivity index (χ3n) is 2.16. The Bertz CT molecular complexity index is 471. The fraction of sp³-hybridized carbons (Fsp3) is 0.400. The Kier molecular flexibility index (Phi) is 4.78. The highest BCUT2D eigenvalue weighted by molar-refractivity contribution is 7.11. The molecular weight excluding hydrogens is 260 g/mol. The molecule has 18 heavy (non-hydrogen) atoms. The minimum absolute atomic E-state index is 0.314. The van der Waals surface area contributed by atoms with Gasteiger partial charge < -0.3 is 15.5 Å². The Morgan fingerprint density at radius 1 is 1.44 bits per heavy atom. The van der Waals surface area contributed by atoms with Crippen LogP contribution in [0.15, 0.2) is 5.51 Å². The van der Waals surface area contributed by atoms with E-state index in [1.807, 2.05) is 6.92 Å². The Morgan fingerprint density at radius 2 is 2.11 bits per heavy atom. The van der Waals surface area contributed by atoms with Crippen molar-refractivity contribution in [2.45, 2.75) is 25.8 Å². The topological polar surface area (TPSA) is 117 Å². The van der Waals surface area contributed by atoms with Crippen LogP contribution in [0.4, 0.5) is 0 Å². The highest BCUT2D eigenvalue weighted by Crippen LogP contribution is 2.14. The van der Waals surface area contributed by atoms with Gasteiger partial charge >= 0.3 is 11.9 Å². The molecule has 0 radical (unpaired) electrons. The van der Waals surface area contributed by atoms with Crippen LogP contribution in [0.3, 0.4) is 0 Å². The monoisotopic (exact) mass is 272 g/mol. The van der Waals surface area contributed by atoms with Crippen molar-refractivity contribution in [3.63, 3.8) is 0 Å². The fourth-order valence-corrected chi connectivity index (χ4v) is 2.09. The van der Waals surface area contributed by atoms with Crippen LogP contribution in [0, 0.1) is 0 Å². The zero-order chi connectivity index (χ0) is 13.7. The molecule has 0 aromatic carbocycles. The standard InChI is InChI=1S/C10H12N2O5S/c1-2-5-8(18-4-11-5)9(15)12-6(10(16)17)3-7(13)14/h4,6H,2-3H2,1H3,(H,12,15)(H,13,14)(H,16,17). The van der Waals surface area contributed by atoms with Gasteiger partial charge in [0, 0.05) is 0 Å². The lowest BCUT2D eigenvalue weighted by Crippen LogP contribution is -2.42. The molecule has 3 N–H and O–H groups in total. The van der Waals surface area contributed by atoms with Crippen LogP contribution < -0.4 is 5.32 Å².